The minimum absolute atomic E-state index is 0. The summed E-state index contributed by atoms with van der Waals surface area (Å²) in [5, 5.41) is 10.5. The van der Waals surface area contributed by atoms with E-state index in [0.29, 0.717) is 5.02 Å². The number of halogens is 2. The maximum absolute atomic E-state index is 10.0. The summed E-state index contributed by atoms with van der Waals surface area (Å²) in [5.41, 5.74) is 0. The molecule has 0 aromatic carbocycles. The summed E-state index contributed by atoms with van der Waals surface area (Å²) in [7, 11) is 0. The maximum atomic E-state index is 10.0. The van der Waals surface area contributed by atoms with Gasteiger partial charge in [-0.2, -0.15) is 0 Å². The second-order valence-electron chi connectivity index (χ2n) is 2.10. The molecule has 7 heteroatoms. The minimum atomic E-state index is -1.34. The first-order chi connectivity index (χ1) is 6.09. The van der Waals surface area contributed by atoms with Crippen LogP contribution in [0.1, 0.15) is 0 Å². The Morgan fingerprint density at radius 2 is 2.21 bits per heavy atom. The first kappa shape index (κ1) is 14.0. The molecule has 4 nitrogen and oxygen atoms in total. The van der Waals surface area contributed by atoms with Crippen LogP contribution in [0.15, 0.2) is 12.3 Å². The van der Waals surface area contributed by atoms with Gasteiger partial charge in [0.1, 0.15) is 11.6 Å². The Kier molecular flexibility index (Phi) is 6.48. The number of hydrogen-bond acceptors (Lipinski definition) is 4. The Morgan fingerprint density at radius 3 is 2.71 bits per heavy atom. The fraction of sp³-hybridized carbons (Fsp3) is 0.143. The number of nitrogens with zero attached hydrogens (tertiary/aromatic N) is 1. The van der Waals surface area contributed by atoms with Gasteiger partial charge in [0.25, 0.3) is 0 Å². The van der Waals surface area contributed by atoms with E-state index in [9.17, 15) is 9.90 Å². The zero-order valence-electron chi connectivity index (χ0n) is 7.29. The van der Waals surface area contributed by atoms with Gasteiger partial charge in [0, 0.05) is 6.20 Å². The molecule has 0 atom stereocenters. The van der Waals surface area contributed by atoms with Crippen molar-refractivity contribution in [2.24, 2.45) is 0 Å². The number of aliphatic carboxylic acids is 1. The summed E-state index contributed by atoms with van der Waals surface area (Å²) in [6.07, 6.45) is 1.30. The molecule has 0 radical (unpaired) electrons. The monoisotopic (exact) mass is 243 g/mol. The van der Waals surface area contributed by atoms with Crippen molar-refractivity contribution in [3.05, 3.63) is 22.3 Å². The number of aromatic nitrogens is 1. The number of ether oxygens (including phenoxy) is 1. The SMILES string of the molecule is O=C([O-])COc1ncc(Cl)cc1Cl.[Na+]. The summed E-state index contributed by atoms with van der Waals surface area (Å²) in [5.74, 6) is -1.32. The molecule has 70 valence electrons. The molecule has 1 aromatic heterocycles. The van der Waals surface area contributed by atoms with Crippen LogP contribution in [0.4, 0.5) is 0 Å². The zero-order valence-corrected chi connectivity index (χ0v) is 10.8. The molecule has 0 bridgehead atoms. The van der Waals surface area contributed by atoms with Crippen molar-refractivity contribution in [3.63, 3.8) is 0 Å². The summed E-state index contributed by atoms with van der Waals surface area (Å²) >= 11 is 11.2. The molecule has 1 heterocycles. The largest absolute Gasteiger partial charge is 1.00 e. The first-order valence-corrected chi connectivity index (χ1v) is 3.99. The fourth-order valence-electron chi connectivity index (χ4n) is 0.636. The third-order valence-electron chi connectivity index (χ3n) is 1.10. The van der Waals surface area contributed by atoms with Gasteiger partial charge in [-0.05, 0) is 6.07 Å². The predicted octanol–water partition coefficient (Wildman–Crippen LogP) is -2.48. The molecule has 0 unspecified atom stereocenters. The molecule has 0 aliphatic heterocycles. The summed E-state index contributed by atoms with van der Waals surface area (Å²) in [6, 6.07) is 1.40. The van der Waals surface area contributed by atoms with Gasteiger partial charge in [0.15, 0.2) is 0 Å². The van der Waals surface area contributed by atoms with Crippen molar-refractivity contribution >= 4 is 29.2 Å². The van der Waals surface area contributed by atoms with E-state index >= 15 is 0 Å². The van der Waals surface area contributed by atoms with E-state index < -0.39 is 12.6 Å². The number of pyridine rings is 1. The van der Waals surface area contributed by atoms with Gasteiger partial charge in [-0.15, -0.1) is 0 Å². The van der Waals surface area contributed by atoms with Crippen LogP contribution in [-0.4, -0.2) is 17.6 Å². The fourth-order valence-corrected chi connectivity index (χ4v) is 1.07. The number of carboxylic acid groups (broad SMARTS) is 1. The molecule has 0 aliphatic carbocycles. The summed E-state index contributed by atoms with van der Waals surface area (Å²) < 4.78 is 4.69. The van der Waals surface area contributed by atoms with Crippen molar-refractivity contribution in [1.29, 1.82) is 0 Å². The van der Waals surface area contributed by atoms with E-state index in [1.54, 1.807) is 0 Å². The van der Waals surface area contributed by atoms with Gasteiger partial charge in [0.2, 0.25) is 5.88 Å². The number of carbonyl (C=O) groups is 1. The molecule has 0 saturated carbocycles. The maximum Gasteiger partial charge on any atom is 1.00 e. The first-order valence-electron chi connectivity index (χ1n) is 3.23. The molecule has 0 amide bonds. The minimum Gasteiger partial charge on any atom is -0.546 e. The van der Waals surface area contributed by atoms with Gasteiger partial charge in [-0.25, -0.2) is 4.98 Å². The van der Waals surface area contributed by atoms with E-state index in [1.807, 2.05) is 0 Å². The van der Waals surface area contributed by atoms with Crippen LogP contribution in [0.3, 0.4) is 0 Å². The average Bonchev–Trinajstić information content (AvgIpc) is 2.02. The summed E-state index contributed by atoms with van der Waals surface area (Å²) in [4.78, 5) is 13.7. The van der Waals surface area contributed by atoms with Crippen molar-refractivity contribution in [1.82, 2.24) is 4.98 Å². The zero-order chi connectivity index (χ0) is 9.84. The van der Waals surface area contributed by atoms with Crippen molar-refractivity contribution in [2.75, 3.05) is 6.61 Å². The molecular formula is C7H4Cl2NNaO3. The second kappa shape index (κ2) is 6.48. The molecule has 0 saturated heterocycles. The van der Waals surface area contributed by atoms with Gasteiger partial charge >= 0.3 is 29.6 Å². The Balaban J connectivity index is 0.00000169. The quantitative estimate of drug-likeness (QED) is 0.552. The third kappa shape index (κ3) is 4.48. The van der Waals surface area contributed by atoms with E-state index in [1.165, 1.54) is 12.3 Å². The molecule has 0 spiro atoms. The van der Waals surface area contributed by atoms with Crippen LogP contribution in [0, 0.1) is 0 Å². The van der Waals surface area contributed by atoms with E-state index in [4.69, 9.17) is 23.2 Å². The third-order valence-corrected chi connectivity index (χ3v) is 1.58. The molecular weight excluding hydrogens is 240 g/mol. The Labute approximate surface area is 112 Å². The number of carboxylic acids is 1. The normalized spacial score (nSPS) is 9.00. The Bertz CT molecular complexity index is 335. The van der Waals surface area contributed by atoms with Gasteiger partial charge in [0.05, 0.1) is 11.0 Å². The molecule has 1 rings (SSSR count). The Hall–Kier alpha value is 0.000000000000000444. The Morgan fingerprint density at radius 1 is 1.57 bits per heavy atom. The summed E-state index contributed by atoms with van der Waals surface area (Å²) in [6.45, 7) is -0.589. The molecule has 0 fully saturated rings. The number of carbonyl (C=O) groups excluding carboxylic acids is 1. The number of rotatable bonds is 3. The molecule has 14 heavy (non-hydrogen) atoms. The van der Waals surface area contributed by atoms with Crippen LogP contribution >= 0.6 is 23.2 Å². The van der Waals surface area contributed by atoms with Gasteiger partial charge < -0.3 is 14.6 Å². The molecule has 1 aromatic rings. The van der Waals surface area contributed by atoms with Crippen LogP contribution in [0.5, 0.6) is 5.88 Å². The number of hydrogen-bond donors (Lipinski definition) is 0. The van der Waals surface area contributed by atoms with Crippen LogP contribution in [0.25, 0.3) is 0 Å². The molecule has 0 aliphatic rings. The predicted molar refractivity (Wildman–Crippen MR) is 44.8 cm³/mol. The average molecular weight is 244 g/mol. The van der Waals surface area contributed by atoms with Crippen molar-refractivity contribution < 1.29 is 44.2 Å². The van der Waals surface area contributed by atoms with E-state index in [0.717, 1.165) is 0 Å². The van der Waals surface area contributed by atoms with E-state index in [2.05, 4.69) is 9.72 Å². The van der Waals surface area contributed by atoms with Crippen LogP contribution in [-0.2, 0) is 4.79 Å². The smallest absolute Gasteiger partial charge is 0.546 e. The topological polar surface area (TPSA) is 62.2 Å². The van der Waals surface area contributed by atoms with Crippen LogP contribution in [0.2, 0.25) is 10.0 Å². The van der Waals surface area contributed by atoms with Crippen LogP contribution < -0.4 is 39.4 Å². The van der Waals surface area contributed by atoms with Crippen molar-refractivity contribution in [2.45, 2.75) is 0 Å². The van der Waals surface area contributed by atoms with Gasteiger partial charge in [-0.1, -0.05) is 23.2 Å². The standard InChI is InChI=1S/C7H5Cl2NO3.Na/c8-4-1-5(9)7(10-2-4)13-3-6(11)12;/h1-2H,3H2,(H,11,12);/q;+1/p-1. The molecule has 0 N–H and O–H groups in total. The van der Waals surface area contributed by atoms with Crippen molar-refractivity contribution in [3.8, 4) is 5.88 Å². The van der Waals surface area contributed by atoms with Gasteiger partial charge in [-0.3, -0.25) is 0 Å². The second-order valence-corrected chi connectivity index (χ2v) is 2.94. The van der Waals surface area contributed by atoms with E-state index in [-0.39, 0.29) is 40.5 Å².